The largest absolute Gasteiger partial charge is 0.383 e. The number of nitrogens with zero attached hydrogens (tertiary/aromatic N) is 1. The van der Waals surface area contributed by atoms with Gasteiger partial charge in [-0.25, -0.2) is 8.42 Å². The van der Waals surface area contributed by atoms with Crippen LogP contribution in [0.15, 0.2) is 0 Å². The number of hydrogen-bond acceptors (Lipinski definition) is 5. The van der Waals surface area contributed by atoms with Crippen molar-refractivity contribution >= 4 is 15.7 Å². The van der Waals surface area contributed by atoms with Crippen LogP contribution in [-0.4, -0.2) is 69.6 Å². The average Bonchev–Trinajstić information content (AvgIpc) is 2.50. The zero-order valence-electron chi connectivity index (χ0n) is 14.2. The molecule has 1 aliphatic heterocycles. The molecule has 0 unspecified atom stereocenters. The van der Waals surface area contributed by atoms with Gasteiger partial charge in [-0.2, -0.15) is 0 Å². The summed E-state index contributed by atoms with van der Waals surface area (Å²) < 4.78 is 29.0. The van der Waals surface area contributed by atoms with Crippen molar-refractivity contribution < 1.29 is 17.9 Å². The zero-order chi connectivity index (χ0) is 16.8. The van der Waals surface area contributed by atoms with Gasteiger partial charge in [0.05, 0.1) is 11.9 Å². The fourth-order valence-corrected chi connectivity index (χ4v) is 3.78. The molecular formula is C15H30N2O4S. The van der Waals surface area contributed by atoms with Crippen molar-refractivity contribution in [3.8, 4) is 0 Å². The first-order valence-electron chi connectivity index (χ1n) is 8.00. The highest BCUT2D eigenvalue weighted by atomic mass is 32.2. The van der Waals surface area contributed by atoms with Crippen LogP contribution >= 0.6 is 0 Å². The molecule has 1 amide bonds. The summed E-state index contributed by atoms with van der Waals surface area (Å²) in [5, 5.41) is 1.30. The number of hydrogen-bond donors (Lipinski definition) is 1. The van der Waals surface area contributed by atoms with E-state index < -0.39 is 20.3 Å². The van der Waals surface area contributed by atoms with E-state index in [1.165, 1.54) is 6.92 Å². The van der Waals surface area contributed by atoms with Crippen molar-refractivity contribution in [2.24, 2.45) is 5.92 Å². The maximum atomic E-state index is 12.0. The Hall–Kier alpha value is -0.660. The SMILES string of the molecule is COCCN1CCC(CNC(=O)[C@H](C)S(=O)(=O)C(C)C)CC1. The standard InChI is InChI=1S/C15H30N2O4S/c1-12(2)22(19,20)13(3)15(18)16-11-14-5-7-17(8-6-14)9-10-21-4/h12-14H,5-11H2,1-4H3,(H,16,18)/t13-/m0/s1. The molecule has 0 aliphatic carbocycles. The molecule has 1 saturated heterocycles. The molecule has 0 aromatic carbocycles. The van der Waals surface area contributed by atoms with Crippen molar-refractivity contribution in [1.82, 2.24) is 10.2 Å². The number of ether oxygens (including phenoxy) is 1. The van der Waals surface area contributed by atoms with Crippen molar-refractivity contribution in [1.29, 1.82) is 0 Å². The second kappa shape index (κ2) is 8.84. The van der Waals surface area contributed by atoms with Gasteiger partial charge in [0.25, 0.3) is 0 Å². The molecule has 1 rings (SSSR count). The van der Waals surface area contributed by atoms with Crippen LogP contribution in [0.3, 0.4) is 0 Å². The Bertz CT molecular complexity index is 442. The van der Waals surface area contributed by atoms with Crippen molar-refractivity contribution in [2.45, 2.75) is 44.1 Å². The van der Waals surface area contributed by atoms with Gasteiger partial charge in [0.2, 0.25) is 5.91 Å². The molecule has 7 heteroatoms. The van der Waals surface area contributed by atoms with E-state index in [4.69, 9.17) is 4.74 Å². The van der Waals surface area contributed by atoms with E-state index in [0.29, 0.717) is 12.5 Å². The van der Waals surface area contributed by atoms with Crippen molar-refractivity contribution in [3.05, 3.63) is 0 Å². The van der Waals surface area contributed by atoms with E-state index in [1.54, 1.807) is 21.0 Å². The topological polar surface area (TPSA) is 75.7 Å². The number of amides is 1. The number of sulfone groups is 1. The van der Waals surface area contributed by atoms with Crippen LogP contribution in [0.2, 0.25) is 0 Å². The normalized spacial score (nSPS) is 19.3. The molecule has 1 heterocycles. The Kier molecular flexibility index (Phi) is 7.79. The van der Waals surface area contributed by atoms with Crippen molar-refractivity contribution in [2.75, 3.05) is 39.9 Å². The van der Waals surface area contributed by atoms with Gasteiger partial charge in [0.1, 0.15) is 5.25 Å². The maximum Gasteiger partial charge on any atom is 0.238 e. The Labute approximate surface area is 134 Å². The predicted octanol–water partition coefficient (Wildman–Crippen LogP) is 0.673. The first-order chi connectivity index (χ1) is 10.3. The summed E-state index contributed by atoms with van der Waals surface area (Å²) in [5.74, 6) is 0.0483. The summed E-state index contributed by atoms with van der Waals surface area (Å²) in [6.07, 6.45) is 2.05. The van der Waals surface area contributed by atoms with Crippen LogP contribution in [0.25, 0.3) is 0 Å². The molecule has 0 bridgehead atoms. The summed E-state index contributed by atoms with van der Waals surface area (Å²) in [5.41, 5.74) is 0. The third-order valence-electron chi connectivity index (χ3n) is 4.40. The Morgan fingerprint density at radius 2 is 1.86 bits per heavy atom. The van der Waals surface area contributed by atoms with Crippen molar-refractivity contribution in [3.63, 3.8) is 0 Å². The van der Waals surface area contributed by atoms with Crippen LogP contribution in [0.5, 0.6) is 0 Å². The number of likely N-dealkylation sites (tertiary alicyclic amines) is 1. The van der Waals surface area contributed by atoms with E-state index in [9.17, 15) is 13.2 Å². The molecule has 1 aliphatic rings. The van der Waals surface area contributed by atoms with Gasteiger partial charge in [-0.1, -0.05) is 0 Å². The number of nitrogens with one attached hydrogen (secondary N) is 1. The molecule has 0 spiro atoms. The molecule has 22 heavy (non-hydrogen) atoms. The lowest BCUT2D eigenvalue weighted by atomic mass is 9.97. The highest BCUT2D eigenvalue weighted by molar-refractivity contribution is 7.93. The van der Waals surface area contributed by atoms with Gasteiger partial charge in [-0.3, -0.25) is 4.79 Å². The van der Waals surface area contributed by atoms with Gasteiger partial charge >= 0.3 is 0 Å². The van der Waals surface area contributed by atoms with E-state index in [0.717, 1.165) is 39.1 Å². The summed E-state index contributed by atoms with van der Waals surface area (Å²) in [7, 11) is -1.68. The minimum Gasteiger partial charge on any atom is -0.383 e. The molecule has 1 fully saturated rings. The molecule has 0 aromatic rings. The summed E-state index contributed by atoms with van der Waals surface area (Å²) in [6.45, 7) is 8.94. The highest BCUT2D eigenvalue weighted by Gasteiger charge is 2.31. The first kappa shape index (κ1) is 19.4. The molecule has 0 aromatic heterocycles. The van der Waals surface area contributed by atoms with E-state index in [1.807, 2.05) is 0 Å². The van der Waals surface area contributed by atoms with Crippen LogP contribution in [-0.2, 0) is 19.4 Å². The number of carbonyl (C=O) groups excluding carboxylic acids is 1. The summed E-state index contributed by atoms with van der Waals surface area (Å²) in [6, 6.07) is 0. The molecular weight excluding hydrogens is 304 g/mol. The van der Waals surface area contributed by atoms with Gasteiger partial charge in [-0.05, 0) is 52.6 Å². The smallest absolute Gasteiger partial charge is 0.238 e. The van der Waals surface area contributed by atoms with Gasteiger partial charge in [0.15, 0.2) is 9.84 Å². The van der Waals surface area contributed by atoms with E-state index >= 15 is 0 Å². The maximum absolute atomic E-state index is 12.0. The van der Waals surface area contributed by atoms with Gasteiger partial charge in [0, 0.05) is 20.2 Å². The zero-order valence-corrected chi connectivity index (χ0v) is 15.0. The quantitative estimate of drug-likeness (QED) is 0.706. The first-order valence-corrected chi connectivity index (χ1v) is 9.61. The van der Waals surface area contributed by atoms with Crippen LogP contribution in [0.1, 0.15) is 33.6 Å². The Morgan fingerprint density at radius 3 is 2.36 bits per heavy atom. The lowest BCUT2D eigenvalue weighted by Crippen LogP contribution is -2.44. The molecule has 1 atom stereocenters. The minimum absolute atomic E-state index is 0.379. The highest BCUT2D eigenvalue weighted by Crippen LogP contribution is 2.16. The fraction of sp³-hybridized carbons (Fsp3) is 0.933. The Balaban J connectivity index is 2.34. The minimum atomic E-state index is -3.38. The molecule has 1 N–H and O–H groups in total. The fourth-order valence-electron chi connectivity index (χ4n) is 2.58. The third kappa shape index (κ3) is 5.52. The van der Waals surface area contributed by atoms with E-state index in [-0.39, 0.29) is 5.91 Å². The van der Waals surface area contributed by atoms with Crippen LogP contribution in [0, 0.1) is 5.92 Å². The van der Waals surface area contributed by atoms with Crippen LogP contribution < -0.4 is 5.32 Å². The molecule has 130 valence electrons. The number of carbonyl (C=O) groups is 1. The van der Waals surface area contributed by atoms with Gasteiger partial charge < -0.3 is 15.0 Å². The number of methoxy groups -OCH3 is 1. The molecule has 6 nitrogen and oxygen atoms in total. The second-order valence-corrected chi connectivity index (χ2v) is 9.13. The van der Waals surface area contributed by atoms with E-state index in [2.05, 4.69) is 10.2 Å². The average molecular weight is 334 g/mol. The monoisotopic (exact) mass is 334 g/mol. The number of rotatable bonds is 8. The molecule has 0 radical (unpaired) electrons. The molecule has 0 saturated carbocycles. The Morgan fingerprint density at radius 1 is 1.27 bits per heavy atom. The summed E-state index contributed by atoms with van der Waals surface area (Å²) >= 11 is 0. The summed E-state index contributed by atoms with van der Waals surface area (Å²) in [4.78, 5) is 14.4. The predicted molar refractivity (Wildman–Crippen MR) is 87.6 cm³/mol. The second-order valence-electron chi connectivity index (χ2n) is 6.30. The lowest BCUT2D eigenvalue weighted by molar-refractivity contribution is -0.120. The third-order valence-corrected chi connectivity index (χ3v) is 6.92. The van der Waals surface area contributed by atoms with Crippen LogP contribution in [0.4, 0.5) is 0 Å². The number of piperidine rings is 1. The lowest BCUT2D eigenvalue weighted by Gasteiger charge is -2.32. The van der Waals surface area contributed by atoms with Gasteiger partial charge in [-0.15, -0.1) is 0 Å².